The summed E-state index contributed by atoms with van der Waals surface area (Å²) in [5, 5.41) is 11.7. The summed E-state index contributed by atoms with van der Waals surface area (Å²) in [6.45, 7) is 1.06. The number of rotatable bonds is 6. The van der Waals surface area contributed by atoms with Gasteiger partial charge < -0.3 is 14.8 Å². The predicted octanol–water partition coefficient (Wildman–Crippen LogP) is 1.80. The van der Waals surface area contributed by atoms with E-state index < -0.39 is 29.8 Å². The van der Waals surface area contributed by atoms with Gasteiger partial charge in [-0.25, -0.2) is 9.18 Å². The average molecular weight is 320 g/mol. The second-order valence-electron chi connectivity index (χ2n) is 5.56. The minimum atomic E-state index is -0.963. The molecule has 1 amide bonds. The van der Waals surface area contributed by atoms with Gasteiger partial charge in [-0.05, 0) is 37.8 Å². The first-order valence-corrected chi connectivity index (χ1v) is 7.12. The van der Waals surface area contributed by atoms with E-state index in [9.17, 15) is 14.0 Å². The number of amides is 1. The average Bonchev–Trinajstić information content (AvgIpc) is 3.37. The van der Waals surface area contributed by atoms with Crippen LogP contribution in [0.2, 0.25) is 0 Å². The van der Waals surface area contributed by atoms with Crippen molar-refractivity contribution in [3.05, 3.63) is 29.6 Å². The highest BCUT2D eigenvalue weighted by molar-refractivity contribution is 5.91. The minimum Gasteiger partial charge on any atom is -0.497 e. The van der Waals surface area contributed by atoms with Gasteiger partial charge in [-0.15, -0.1) is 0 Å². The number of hydrogen-bond donors (Lipinski definition) is 1. The zero-order valence-corrected chi connectivity index (χ0v) is 12.9. The van der Waals surface area contributed by atoms with Crippen molar-refractivity contribution in [1.82, 2.24) is 5.32 Å². The summed E-state index contributed by atoms with van der Waals surface area (Å²) < 4.78 is 23.4. The monoisotopic (exact) mass is 320 g/mol. The molecule has 0 heterocycles. The Hall–Kier alpha value is -2.62. The lowest BCUT2D eigenvalue weighted by atomic mass is 9.98. The Morgan fingerprint density at radius 3 is 2.70 bits per heavy atom. The lowest BCUT2D eigenvalue weighted by Gasteiger charge is -2.22. The van der Waals surface area contributed by atoms with Gasteiger partial charge in [0, 0.05) is 6.07 Å². The van der Waals surface area contributed by atoms with E-state index >= 15 is 0 Å². The molecule has 1 aromatic rings. The van der Waals surface area contributed by atoms with Crippen molar-refractivity contribution in [2.45, 2.75) is 25.3 Å². The van der Waals surface area contributed by atoms with Crippen LogP contribution in [0, 0.1) is 23.1 Å². The number of benzene rings is 1. The summed E-state index contributed by atoms with van der Waals surface area (Å²) in [6, 6.07) is 5.75. The number of nitriles is 1. The second kappa shape index (κ2) is 6.65. The normalized spacial score (nSPS) is 15.9. The van der Waals surface area contributed by atoms with Gasteiger partial charge in [0.25, 0.3) is 5.91 Å². The molecular formula is C16H17FN2O4. The summed E-state index contributed by atoms with van der Waals surface area (Å²) in [4.78, 5) is 23.6. The van der Waals surface area contributed by atoms with Crippen molar-refractivity contribution in [2.75, 3.05) is 13.7 Å². The summed E-state index contributed by atoms with van der Waals surface area (Å²) in [6.07, 6.45) is 1.75. The van der Waals surface area contributed by atoms with Crippen molar-refractivity contribution >= 4 is 11.9 Å². The second-order valence-corrected chi connectivity index (χ2v) is 5.56. The zero-order valence-electron chi connectivity index (χ0n) is 12.9. The third kappa shape index (κ3) is 3.97. The fraction of sp³-hybridized carbons (Fsp3) is 0.438. The van der Waals surface area contributed by atoms with Crippen LogP contribution in [0.25, 0.3) is 0 Å². The number of carbonyl (C=O) groups is 2. The molecule has 7 heteroatoms. The maximum atomic E-state index is 13.7. The molecule has 0 bridgehead atoms. The molecule has 1 aliphatic carbocycles. The number of nitrogens with zero attached hydrogens (tertiary/aromatic N) is 1. The number of nitrogens with one attached hydrogen (secondary N) is 1. The number of esters is 1. The van der Waals surface area contributed by atoms with Gasteiger partial charge in [-0.2, -0.15) is 5.26 Å². The quantitative estimate of drug-likeness (QED) is 0.807. The van der Waals surface area contributed by atoms with Crippen molar-refractivity contribution in [2.24, 2.45) is 5.92 Å². The molecule has 0 radical (unpaired) electrons. The molecule has 0 spiro atoms. The van der Waals surface area contributed by atoms with Crippen LogP contribution in [0.4, 0.5) is 4.39 Å². The van der Waals surface area contributed by atoms with Crippen LogP contribution in [-0.2, 0) is 9.53 Å². The Balaban J connectivity index is 1.91. The third-order valence-electron chi connectivity index (χ3n) is 3.76. The highest BCUT2D eigenvalue weighted by Gasteiger charge is 2.43. The van der Waals surface area contributed by atoms with Crippen molar-refractivity contribution in [1.29, 1.82) is 5.26 Å². The summed E-state index contributed by atoms with van der Waals surface area (Å²) in [5.41, 5.74) is -1.25. The van der Waals surface area contributed by atoms with Gasteiger partial charge in [0.2, 0.25) is 0 Å². The maximum Gasteiger partial charge on any atom is 0.341 e. The number of halogens is 1. The fourth-order valence-corrected chi connectivity index (χ4v) is 2.20. The first-order valence-electron chi connectivity index (χ1n) is 7.12. The van der Waals surface area contributed by atoms with Gasteiger partial charge in [-0.3, -0.25) is 4.79 Å². The molecule has 0 aromatic heterocycles. The lowest BCUT2D eigenvalue weighted by molar-refractivity contribution is -0.125. The van der Waals surface area contributed by atoms with Crippen LogP contribution >= 0.6 is 0 Å². The van der Waals surface area contributed by atoms with Crippen molar-refractivity contribution < 1.29 is 23.5 Å². The molecule has 1 atom stereocenters. The summed E-state index contributed by atoms with van der Waals surface area (Å²) in [7, 11) is 1.38. The molecule has 1 aromatic carbocycles. The highest BCUT2D eigenvalue weighted by Crippen LogP contribution is 2.39. The van der Waals surface area contributed by atoms with Gasteiger partial charge in [0.15, 0.2) is 6.61 Å². The first kappa shape index (κ1) is 16.7. The topological polar surface area (TPSA) is 88.4 Å². The third-order valence-corrected chi connectivity index (χ3v) is 3.76. The molecule has 6 nitrogen and oxygen atoms in total. The zero-order chi connectivity index (χ0) is 17.0. The van der Waals surface area contributed by atoms with Crippen LogP contribution in [0.1, 0.15) is 30.1 Å². The SMILES string of the molecule is COc1ccc(C(=O)OCC(=O)NC(C)(C#N)C2CC2)c(F)c1. The standard InChI is InChI=1S/C16H17FN2O4/c1-16(9-18,10-3-4-10)19-14(20)8-23-15(21)12-6-5-11(22-2)7-13(12)17/h5-7,10H,3-4,8H2,1-2H3,(H,19,20). The Labute approximate surface area is 133 Å². The number of hydrogen-bond acceptors (Lipinski definition) is 5. The van der Waals surface area contributed by atoms with Crippen molar-refractivity contribution in [3.8, 4) is 11.8 Å². The van der Waals surface area contributed by atoms with E-state index in [-0.39, 0.29) is 17.2 Å². The minimum absolute atomic E-state index is 0.117. The van der Waals surface area contributed by atoms with Crippen molar-refractivity contribution in [3.63, 3.8) is 0 Å². The fourth-order valence-electron chi connectivity index (χ4n) is 2.20. The molecular weight excluding hydrogens is 303 g/mol. The molecule has 1 fully saturated rings. The lowest BCUT2D eigenvalue weighted by Crippen LogP contribution is -2.48. The molecule has 0 saturated heterocycles. The molecule has 122 valence electrons. The van der Waals surface area contributed by atoms with E-state index in [0.29, 0.717) is 0 Å². The molecule has 1 unspecified atom stereocenters. The van der Waals surface area contributed by atoms with Crippen LogP contribution in [0.3, 0.4) is 0 Å². The maximum absolute atomic E-state index is 13.7. The largest absolute Gasteiger partial charge is 0.497 e. The molecule has 1 aliphatic rings. The van der Waals surface area contributed by atoms with E-state index in [4.69, 9.17) is 14.7 Å². The summed E-state index contributed by atoms with van der Waals surface area (Å²) in [5.74, 6) is -1.96. The van der Waals surface area contributed by atoms with Crippen LogP contribution in [0.15, 0.2) is 18.2 Å². The molecule has 2 rings (SSSR count). The van der Waals surface area contributed by atoms with Crippen LogP contribution < -0.4 is 10.1 Å². The summed E-state index contributed by atoms with van der Waals surface area (Å²) >= 11 is 0. The van der Waals surface area contributed by atoms with E-state index in [1.54, 1.807) is 6.92 Å². The Morgan fingerprint density at radius 1 is 1.48 bits per heavy atom. The van der Waals surface area contributed by atoms with E-state index in [1.165, 1.54) is 19.2 Å². The molecule has 1 N–H and O–H groups in total. The number of methoxy groups -OCH3 is 1. The van der Waals surface area contributed by atoms with Gasteiger partial charge >= 0.3 is 5.97 Å². The van der Waals surface area contributed by atoms with E-state index in [1.807, 2.05) is 0 Å². The van der Waals surface area contributed by atoms with Crippen LogP contribution in [-0.4, -0.2) is 31.1 Å². The number of ether oxygens (including phenoxy) is 2. The Bertz CT molecular complexity index is 667. The van der Waals surface area contributed by atoms with Gasteiger partial charge in [0.05, 0.1) is 18.7 Å². The Morgan fingerprint density at radius 2 is 2.17 bits per heavy atom. The van der Waals surface area contributed by atoms with Crippen LogP contribution in [0.5, 0.6) is 5.75 Å². The van der Waals surface area contributed by atoms with E-state index in [2.05, 4.69) is 11.4 Å². The van der Waals surface area contributed by atoms with E-state index in [0.717, 1.165) is 18.9 Å². The predicted molar refractivity (Wildman–Crippen MR) is 78.1 cm³/mol. The van der Waals surface area contributed by atoms with Gasteiger partial charge in [-0.1, -0.05) is 0 Å². The highest BCUT2D eigenvalue weighted by atomic mass is 19.1. The van der Waals surface area contributed by atoms with Gasteiger partial charge in [0.1, 0.15) is 17.1 Å². The first-order chi connectivity index (χ1) is 10.9. The smallest absolute Gasteiger partial charge is 0.341 e. The molecule has 1 saturated carbocycles. The number of carbonyl (C=O) groups excluding carboxylic acids is 2. The Kier molecular flexibility index (Phi) is 4.84. The molecule has 23 heavy (non-hydrogen) atoms. The molecule has 0 aliphatic heterocycles.